The maximum absolute atomic E-state index is 12.0. The first-order valence-electron chi connectivity index (χ1n) is 6.05. The van der Waals surface area contributed by atoms with Crippen LogP contribution in [0.15, 0.2) is 42.5 Å². The van der Waals surface area contributed by atoms with Crippen LogP contribution in [0.25, 0.3) is 0 Å². The number of carbonyl (C=O) groups is 1. The Balaban J connectivity index is 2.10. The third kappa shape index (κ3) is 3.93. The van der Waals surface area contributed by atoms with Crippen LogP contribution < -0.4 is 10.1 Å². The standard InChI is InChI=1S/C15H9ClF2N2O2/c16-13-6-1-9(7-10(13)8-19)14(21)20-11-2-4-12(5-3-11)22-15(17)18/h1-7,15H,(H,20,21). The van der Waals surface area contributed by atoms with E-state index in [0.717, 1.165) is 0 Å². The van der Waals surface area contributed by atoms with Gasteiger partial charge in [0.05, 0.1) is 10.6 Å². The summed E-state index contributed by atoms with van der Waals surface area (Å²) in [6.07, 6.45) is 0. The zero-order chi connectivity index (χ0) is 16.1. The molecule has 0 aliphatic carbocycles. The third-order valence-electron chi connectivity index (χ3n) is 2.69. The van der Waals surface area contributed by atoms with Gasteiger partial charge in [-0.1, -0.05) is 11.6 Å². The van der Waals surface area contributed by atoms with E-state index in [0.29, 0.717) is 5.69 Å². The van der Waals surface area contributed by atoms with Crippen molar-refractivity contribution in [2.24, 2.45) is 0 Å². The Labute approximate surface area is 129 Å². The minimum atomic E-state index is -2.90. The van der Waals surface area contributed by atoms with E-state index < -0.39 is 12.5 Å². The lowest BCUT2D eigenvalue weighted by molar-refractivity contribution is -0.0498. The summed E-state index contributed by atoms with van der Waals surface area (Å²) in [5, 5.41) is 11.7. The molecule has 0 saturated heterocycles. The van der Waals surface area contributed by atoms with Crippen molar-refractivity contribution in [3.8, 4) is 11.8 Å². The average Bonchev–Trinajstić information content (AvgIpc) is 2.49. The van der Waals surface area contributed by atoms with E-state index in [4.69, 9.17) is 16.9 Å². The van der Waals surface area contributed by atoms with Gasteiger partial charge in [-0.2, -0.15) is 14.0 Å². The second-order valence-electron chi connectivity index (χ2n) is 4.16. The van der Waals surface area contributed by atoms with Crippen LogP contribution in [0.2, 0.25) is 5.02 Å². The first-order valence-corrected chi connectivity index (χ1v) is 6.43. The van der Waals surface area contributed by atoms with Gasteiger partial charge in [-0.25, -0.2) is 0 Å². The highest BCUT2D eigenvalue weighted by molar-refractivity contribution is 6.31. The van der Waals surface area contributed by atoms with Crippen molar-refractivity contribution in [1.82, 2.24) is 0 Å². The van der Waals surface area contributed by atoms with Crippen LogP contribution in [0, 0.1) is 11.3 Å². The van der Waals surface area contributed by atoms with Crippen LogP contribution in [0.5, 0.6) is 5.75 Å². The molecule has 1 amide bonds. The van der Waals surface area contributed by atoms with Crippen LogP contribution in [-0.2, 0) is 0 Å². The number of benzene rings is 2. The second-order valence-corrected chi connectivity index (χ2v) is 4.57. The van der Waals surface area contributed by atoms with Crippen molar-refractivity contribution >= 4 is 23.2 Å². The number of nitrogens with zero attached hydrogens (tertiary/aromatic N) is 1. The molecule has 112 valence electrons. The summed E-state index contributed by atoms with van der Waals surface area (Å²) in [7, 11) is 0. The molecule has 0 aromatic heterocycles. The Morgan fingerprint density at radius 3 is 2.50 bits per heavy atom. The van der Waals surface area contributed by atoms with E-state index >= 15 is 0 Å². The Hall–Kier alpha value is -2.65. The molecule has 0 spiro atoms. The van der Waals surface area contributed by atoms with Gasteiger partial charge < -0.3 is 10.1 Å². The number of ether oxygens (including phenoxy) is 1. The van der Waals surface area contributed by atoms with Crippen molar-refractivity contribution in [1.29, 1.82) is 5.26 Å². The molecule has 0 radical (unpaired) electrons. The molecule has 0 heterocycles. The van der Waals surface area contributed by atoms with Gasteiger partial charge in [-0.05, 0) is 42.5 Å². The van der Waals surface area contributed by atoms with Gasteiger partial charge in [0, 0.05) is 11.3 Å². The van der Waals surface area contributed by atoms with Gasteiger partial charge in [0.1, 0.15) is 11.8 Å². The Bertz CT molecular complexity index is 727. The number of hydrogen-bond donors (Lipinski definition) is 1. The van der Waals surface area contributed by atoms with Gasteiger partial charge >= 0.3 is 6.61 Å². The fourth-order valence-corrected chi connectivity index (χ4v) is 1.83. The molecule has 0 fully saturated rings. The van der Waals surface area contributed by atoms with E-state index in [1.54, 1.807) is 0 Å². The molecule has 7 heteroatoms. The van der Waals surface area contributed by atoms with Crippen LogP contribution in [0.4, 0.5) is 14.5 Å². The number of alkyl halides is 2. The van der Waals surface area contributed by atoms with E-state index in [1.807, 2.05) is 6.07 Å². The third-order valence-corrected chi connectivity index (χ3v) is 3.02. The summed E-state index contributed by atoms with van der Waals surface area (Å²) in [6, 6.07) is 11.7. The van der Waals surface area contributed by atoms with E-state index in [-0.39, 0.29) is 21.9 Å². The zero-order valence-corrected chi connectivity index (χ0v) is 11.8. The highest BCUT2D eigenvalue weighted by Crippen LogP contribution is 2.20. The molecule has 2 aromatic carbocycles. The first kappa shape index (κ1) is 15.7. The molecule has 0 unspecified atom stereocenters. The molecular weight excluding hydrogens is 314 g/mol. The second kappa shape index (κ2) is 6.87. The van der Waals surface area contributed by atoms with Crippen molar-refractivity contribution < 1.29 is 18.3 Å². The van der Waals surface area contributed by atoms with E-state index in [1.165, 1.54) is 42.5 Å². The molecule has 2 aromatic rings. The van der Waals surface area contributed by atoms with Crippen LogP contribution >= 0.6 is 11.6 Å². The highest BCUT2D eigenvalue weighted by atomic mass is 35.5. The van der Waals surface area contributed by atoms with Gasteiger partial charge in [0.2, 0.25) is 0 Å². The first-order chi connectivity index (χ1) is 10.5. The van der Waals surface area contributed by atoms with E-state index in [9.17, 15) is 13.6 Å². The summed E-state index contributed by atoms with van der Waals surface area (Å²) in [5.41, 5.74) is 0.851. The average molecular weight is 323 g/mol. The predicted molar refractivity (Wildman–Crippen MR) is 77.2 cm³/mol. The normalized spacial score (nSPS) is 10.1. The number of nitrogens with one attached hydrogen (secondary N) is 1. The van der Waals surface area contributed by atoms with Crippen molar-refractivity contribution in [2.75, 3.05) is 5.32 Å². The summed E-state index contributed by atoms with van der Waals surface area (Å²) in [5.74, 6) is -0.457. The fraction of sp³-hybridized carbons (Fsp3) is 0.0667. The van der Waals surface area contributed by atoms with Gasteiger partial charge in [-0.15, -0.1) is 0 Å². The Morgan fingerprint density at radius 2 is 1.91 bits per heavy atom. The minimum Gasteiger partial charge on any atom is -0.435 e. The number of amides is 1. The molecule has 0 saturated carbocycles. The molecule has 0 bridgehead atoms. The van der Waals surface area contributed by atoms with Gasteiger partial charge in [0.25, 0.3) is 5.91 Å². The molecule has 0 atom stereocenters. The Morgan fingerprint density at radius 1 is 1.23 bits per heavy atom. The van der Waals surface area contributed by atoms with Crippen LogP contribution in [0.1, 0.15) is 15.9 Å². The lowest BCUT2D eigenvalue weighted by Gasteiger charge is -2.08. The van der Waals surface area contributed by atoms with Crippen molar-refractivity contribution in [3.63, 3.8) is 0 Å². The summed E-state index contributed by atoms with van der Waals surface area (Å²) in [6.45, 7) is -2.90. The number of anilines is 1. The number of carbonyl (C=O) groups excluding carboxylic acids is 1. The summed E-state index contributed by atoms with van der Waals surface area (Å²) < 4.78 is 28.3. The van der Waals surface area contributed by atoms with E-state index in [2.05, 4.69) is 10.1 Å². The highest BCUT2D eigenvalue weighted by Gasteiger charge is 2.10. The minimum absolute atomic E-state index is 0.00809. The van der Waals surface area contributed by atoms with Crippen molar-refractivity contribution in [3.05, 3.63) is 58.6 Å². The lowest BCUT2D eigenvalue weighted by Crippen LogP contribution is -2.12. The monoisotopic (exact) mass is 322 g/mol. The SMILES string of the molecule is N#Cc1cc(C(=O)Nc2ccc(OC(F)F)cc2)ccc1Cl. The number of nitriles is 1. The van der Waals surface area contributed by atoms with Crippen LogP contribution in [0.3, 0.4) is 0 Å². The molecular formula is C15H9ClF2N2O2. The van der Waals surface area contributed by atoms with Gasteiger partial charge in [0.15, 0.2) is 0 Å². The summed E-state index contributed by atoms with van der Waals surface area (Å²) >= 11 is 5.79. The fourth-order valence-electron chi connectivity index (χ4n) is 1.68. The maximum Gasteiger partial charge on any atom is 0.387 e. The summed E-state index contributed by atoms with van der Waals surface area (Å²) in [4.78, 5) is 12.0. The largest absolute Gasteiger partial charge is 0.435 e. The van der Waals surface area contributed by atoms with Crippen LogP contribution in [-0.4, -0.2) is 12.5 Å². The zero-order valence-electron chi connectivity index (χ0n) is 11.0. The maximum atomic E-state index is 12.0. The number of rotatable bonds is 4. The molecule has 0 aliphatic rings. The molecule has 0 aliphatic heterocycles. The molecule has 1 N–H and O–H groups in total. The quantitative estimate of drug-likeness (QED) is 0.923. The topological polar surface area (TPSA) is 62.1 Å². The Kier molecular flexibility index (Phi) is 4.92. The van der Waals surface area contributed by atoms with Crippen molar-refractivity contribution in [2.45, 2.75) is 6.61 Å². The predicted octanol–water partition coefficient (Wildman–Crippen LogP) is 4.07. The number of halogens is 3. The van der Waals surface area contributed by atoms with Gasteiger partial charge in [-0.3, -0.25) is 4.79 Å². The molecule has 2 rings (SSSR count). The molecule has 4 nitrogen and oxygen atoms in total. The lowest BCUT2D eigenvalue weighted by atomic mass is 10.1. The smallest absolute Gasteiger partial charge is 0.387 e. The molecule has 22 heavy (non-hydrogen) atoms. The number of hydrogen-bond acceptors (Lipinski definition) is 3.